The standard InChI is InChI=1S/C16H13BrN2O2/c17-8-9-21-12-5-3-4-11(10-12)15-18-14-7-2-1-6-13(14)16(20)19-15/h1-7,10H,8-9H2,(H,18,19,20). The van der Waals surface area contributed by atoms with E-state index < -0.39 is 0 Å². The molecule has 0 spiro atoms. The third kappa shape index (κ3) is 2.97. The molecule has 0 bridgehead atoms. The van der Waals surface area contributed by atoms with E-state index in [0.717, 1.165) is 16.6 Å². The van der Waals surface area contributed by atoms with Crippen molar-refractivity contribution in [1.82, 2.24) is 9.97 Å². The van der Waals surface area contributed by atoms with Crippen LogP contribution in [0.3, 0.4) is 0 Å². The Morgan fingerprint density at radius 3 is 2.86 bits per heavy atom. The lowest BCUT2D eigenvalue weighted by atomic mass is 10.2. The van der Waals surface area contributed by atoms with Crippen LogP contribution in [-0.2, 0) is 0 Å². The van der Waals surface area contributed by atoms with Crippen molar-refractivity contribution in [2.24, 2.45) is 0 Å². The number of para-hydroxylation sites is 1. The summed E-state index contributed by atoms with van der Waals surface area (Å²) in [6.07, 6.45) is 0. The average Bonchev–Trinajstić information content (AvgIpc) is 2.53. The first-order valence-electron chi connectivity index (χ1n) is 6.56. The molecule has 3 aromatic rings. The van der Waals surface area contributed by atoms with Crippen LogP contribution in [0.4, 0.5) is 0 Å². The van der Waals surface area contributed by atoms with Crippen molar-refractivity contribution in [2.45, 2.75) is 0 Å². The van der Waals surface area contributed by atoms with E-state index in [9.17, 15) is 4.79 Å². The Labute approximate surface area is 129 Å². The van der Waals surface area contributed by atoms with Crippen molar-refractivity contribution in [2.75, 3.05) is 11.9 Å². The number of ether oxygens (including phenoxy) is 1. The predicted octanol–water partition coefficient (Wildman–Crippen LogP) is 3.36. The van der Waals surface area contributed by atoms with Gasteiger partial charge in [0.2, 0.25) is 0 Å². The quantitative estimate of drug-likeness (QED) is 0.738. The summed E-state index contributed by atoms with van der Waals surface area (Å²) in [5.74, 6) is 1.30. The largest absolute Gasteiger partial charge is 0.493 e. The van der Waals surface area contributed by atoms with Crippen molar-refractivity contribution in [3.63, 3.8) is 0 Å². The minimum atomic E-state index is -0.137. The Hall–Kier alpha value is -2.14. The fourth-order valence-electron chi connectivity index (χ4n) is 2.11. The molecule has 0 aliphatic heterocycles. The molecule has 0 aliphatic carbocycles. The van der Waals surface area contributed by atoms with Gasteiger partial charge in [-0.05, 0) is 24.3 Å². The van der Waals surface area contributed by atoms with E-state index in [-0.39, 0.29) is 5.56 Å². The molecule has 0 saturated carbocycles. The third-order valence-electron chi connectivity index (χ3n) is 3.07. The van der Waals surface area contributed by atoms with Crippen LogP contribution in [0.5, 0.6) is 5.75 Å². The number of aromatic nitrogens is 2. The monoisotopic (exact) mass is 344 g/mol. The number of rotatable bonds is 4. The van der Waals surface area contributed by atoms with Gasteiger partial charge in [-0.25, -0.2) is 4.98 Å². The summed E-state index contributed by atoms with van der Waals surface area (Å²) in [5, 5.41) is 1.36. The lowest BCUT2D eigenvalue weighted by Crippen LogP contribution is -2.09. The maximum absolute atomic E-state index is 12.1. The van der Waals surface area contributed by atoms with Crippen molar-refractivity contribution in [1.29, 1.82) is 0 Å². The molecule has 1 heterocycles. The fraction of sp³-hybridized carbons (Fsp3) is 0.125. The number of fused-ring (bicyclic) bond motifs is 1. The van der Waals surface area contributed by atoms with Crippen LogP contribution in [0.1, 0.15) is 0 Å². The minimum Gasteiger partial charge on any atom is -0.493 e. The van der Waals surface area contributed by atoms with Gasteiger partial charge in [0.25, 0.3) is 5.56 Å². The highest BCUT2D eigenvalue weighted by Crippen LogP contribution is 2.21. The molecule has 4 nitrogen and oxygen atoms in total. The van der Waals surface area contributed by atoms with Crippen molar-refractivity contribution in [3.05, 3.63) is 58.9 Å². The van der Waals surface area contributed by atoms with E-state index in [4.69, 9.17) is 4.74 Å². The normalized spacial score (nSPS) is 10.7. The number of nitrogens with zero attached hydrogens (tertiary/aromatic N) is 1. The molecule has 106 valence electrons. The van der Waals surface area contributed by atoms with E-state index in [1.165, 1.54) is 0 Å². The van der Waals surface area contributed by atoms with Crippen molar-refractivity contribution < 1.29 is 4.74 Å². The first kappa shape index (κ1) is 13.8. The second kappa shape index (κ2) is 6.10. The second-order valence-electron chi connectivity index (χ2n) is 4.50. The van der Waals surface area contributed by atoms with Crippen LogP contribution in [0, 0.1) is 0 Å². The summed E-state index contributed by atoms with van der Waals surface area (Å²) >= 11 is 3.32. The van der Waals surface area contributed by atoms with E-state index in [2.05, 4.69) is 25.9 Å². The van der Waals surface area contributed by atoms with Gasteiger partial charge >= 0.3 is 0 Å². The Balaban J connectivity index is 2.06. The van der Waals surface area contributed by atoms with E-state index in [1.807, 2.05) is 42.5 Å². The first-order chi connectivity index (χ1) is 10.3. The number of hydrogen-bond donors (Lipinski definition) is 1. The fourth-order valence-corrected chi connectivity index (χ4v) is 2.27. The van der Waals surface area contributed by atoms with Crippen molar-refractivity contribution in [3.8, 4) is 17.1 Å². The molecule has 0 unspecified atom stereocenters. The first-order valence-corrected chi connectivity index (χ1v) is 7.68. The molecule has 1 aromatic heterocycles. The number of alkyl halides is 1. The number of aromatic amines is 1. The van der Waals surface area contributed by atoms with Gasteiger partial charge in [0, 0.05) is 10.9 Å². The summed E-state index contributed by atoms with van der Waals surface area (Å²) in [6, 6.07) is 14.8. The molecule has 0 atom stereocenters. The topological polar surface area (TPSA) is 55.0 Å². The van der Waals surface area contributed by atoms with Gasteiger partial charge in [-0.3, -0.25) is 4.79 Å². The molecule has 0 amide bonds. The van der Waals surface area contributed by atoms with Crippen LogP contribution in [0.15, 0.2) is 53.3 Å². The maximum Gasteiger partial charge on any atom is 0.259 e. The molecule has 0 fully saturated rings. The van der Waals surface area contributed by atoms with Crippen LogP contribution in [0.25, 0.3) is 22.3 Å². The van der Waals surface area contributed by atoms with E-state index in [1.54, 1.807) is 6.07 Å². The van der Waals surface area contributed by atoms with Gasteiger partial charge in [-0.1, -0.05) is 40.2 Å². The van der Waals surface area contributed by atoms with Crippen LogP contribution in [0.2, 0.25) is 0 Å². The number of H-pyrrole nitrogens is 1. The zero-order valence-electron chi connectivity index (χ0n) is 11.2. The Morgan fingerprint density at radius 2 is 2.00 bits per heavy atom. The third-order valence-corrected chi connectivity index (χ3v) is 3.39. The van der Waals surface area contributed by atoms with Crippen molar-refractivity contribution >= 4 is 26.8 Å². The highest BCUT2D eigenvalue weighted by atomic mass is 79.9. The van der Waals surface area contributed by atoms with Crippen LogP contribution >= 0.6 is 15.9 Å². The smallest absolute Gasteiger partial charge is 0.259 e. The number of hydrogen-bond acceptors (Lipinski definition) is 3. The second-order valence-corrected chi connectivity index (χ2v) is 5.29. The SMILES string of the molecule is O=c1[nH]c(-c2cccc(OCCBr)c2)nc2ccccc12. The lowest BCUT2D eigenvalue weighted by molar-refractivity contribution is 0.345. The van der Waals surface area contributed by atoms with Gasteiger partial charge in [-0.15, -0.1) is 0 Å². The van der Waals surface area contributed by atoms with Crippen LogP contribution < -0.4 is 10.3 Å². The van der Waals surface area contributed by atoms with Crippen LogP contribution in [-0.4, -0.2) is 21.9 Å². The Morgan fingerprint density at radius 1 is 1.14 bits per heavy atom. The molecule has 0 aliphatic rings. The van der Waals surface area contributed by atoms with Gasteiger partial charge in [-0.2, -0.15) is 0 Å². The summed E-state index contributed by atoms with van der Waals surface area (Å²) in [7, 11) is 0. The van der Waals surface area contributed by atoms with Gasteiger partial charge < -0.3 is 9.72 Å². The van der Waals surface area contributed by atoms with E-state index in [0.29, 0.717) is 23.3 Å². The molecule has 1 N–H and O–H groups in total. The number of halogens is 1. The zero-order valence-corrected chi connectivity index (χ0v) is 12.8. The zero-order chi connectivity index (χ0) is 14.7. The molecular weight excluding hydrogens is 332 g/mol. The summed E-state index contributed by atoms with van der Waals surface area (Å²) < 4.78 is 5.57. The minimum absolute atomic E-state index is 0.137. The summed E-state index contributed by atoms with van der Waals surface area (Å²) in [5.41, 5.74) is 1.37. The van der Waals surface area contributed by atoms with Gasteiger partial charge in [0.05, 0.1) is 17.5 Å². The summed E-state index contributed by atoms with van der Waals surface area (Å²) in [6.45, 7) is 0.588. The molecule has 0 saturated heterocycles. The molecule has 21 heavy (non-hydrogen) atoms. The molecular formula is C16H13BrN2O2. The van der Waals surface area contributed by atoms with E-state index >= 15 is 0 Å². The molecule has 0 radical (unpaired) electrons. The van der Waals surface area contributed by atoms with Gasteiger partial charge in [0.15, 0.2) is 0 Å². The Bertz CT molecular complexity index is 830. The maximum atomic E-state index is 12.1. The predicted molar refractivity (Wildman–Crippen MR) is 87.1 cm³/mol. The Kier molecular flexibility index (Phi) is 4.01. The highest BCUT2D eigenvalue weighted by molar-refractivity contribution is 9.09. The number of benzene rings is 2. The molecule has 3 rings (SSSR count). The highest BCUT2D eigenvalue weighted by Gasteiger charge is 2.06. The summed E-state index contributed by atoms with van der Waals surface area (Å²) in [4.78, 5) is 19.4. The lowest BCUT2D eigenvalue weighted by Gasteiger charge is -2.07. The average molecular weight is 345 g/mol. The molecule has 5 heteroatoms. The van der Waals surface area contributed by atoms with Gasteiger partial charge in [0.1, 0.15) is 11.6 Å². The number of nitrogens with one attached hydrogen (secondary N) is 1. The molecule has 2 aromatic carbocycles.